The number of carboxylic acid groups (broad SMARTS) is 1. The normalized spacial score (nSPS) is 17.5. The minimum atomic E-state index is -0.875. The smallest absolute Gasteiger partial charge is 0.328 e. The molecule has 2 aromatic carbocycles. The summed E-state index contributed by atoms with van der Waals surface area (Å²) >= 11 is 12.9. The fourth-order valence-electron chi connectivity index (χ4n) is 5.05. The summed E-state index contributed by atoms with van der Waals surface area (Å²) in [5.74, 6) is -0.0735. The number of halogens is 2. The average molecular weight is 556 g/mol. The molecule has 2 atom stereocenters. The van der Waals surface area contributed by atoms with Gasteiger partial charge in [-0.15, -0.1) is 0 Å². The maximum atomic E-state index is 13.2. The fraction of sp³-hybridized carbons (Fsp3) is 0.321. The minimum Gasteiger partial charge on any atom is -0.489 e. The highest BCUT2D eigenvalue weighted by Gasteiger charge is 2.38. The van der Waals surface area contributed by atoms with Crippen molar-refractivity contribution in [2.24, 2.45) is 5.92 Å². The molecule has 198 valence electrons. The van der Waals surface area contributed by atoms with Crippen LogP contribution >= 0.6 is 23.2 Å². The van der Waals surface area contributed by atoms with Crippen molar-refractivity contribution in [2.45, 2.75) is 45.8 Å². The first-order chi connectivity index (χ1) is 18.2. The third kappa shape index (κ3) is 4.63. The molecule has 1 unspecified atom stereocenters. The van der Waals surface area contributed by atoms with Gasteiger partial charge in [0, 0.05) is 35.7 Å². The summed E-state index contributed by atoms with van der Waals surface area (Å²) in [6.07, 6.45) is 2.15. The van der Waals surface area contributed by atoms with Crippen molar-refractivity contribution in [2.75, 3.05) is 6.54 Å². The van der Waals surface area contributed by atoms with Crippen molar-refractivity contribution in [3.8, 4) is 17.0 Å². The highest BCUT2D eigenvalue weighted by atomic mass is 35.5. The van der Waals surface area contributed by atoms with Crippen LogP contribution in [0.2, 0.25) is 10.0 Å². The first-order valence-corrected chi connectivity index (χ1v) is 13.1. The van der Waals surface area contributed by atoms with Crippen molar-refractivity contribution < 1.29 is 24.0 Å². The van der Waals surface area contributed by atoms with Gasteiger partial charge in [0.15, 0.2) is 0 Å². The Kier molecular flexibility index (Phi) is 7.11. The molecule has 0 spiro atoms. The number of ether oxygens (including phenoxy) is 1. The Morgan fingerprint density at radius 2 is 1.92 bits per heavy atom. The number of amides is 1. The number of fused-ring (bicyclic) bond motifs is 1. The van der Waals surface area contributed by atoms with E-state index in [0.29, 0.717) is 51.3 Å². The Morgan fingerprint density at radius 3 is 2.58 bits per heavy atom. The summed E-state index contributed by atoms with van der Waals surface area (Å²) in [6.45, 7) is 6.39. The summed E-state index contributed by atoms with van der Waals surface area (Å²) < 4.78 is 13.4. The average Bonchev–Trinajstić information content (AvgIpc) is 3.58. The highest BCUT2D eigenvalue weighted by Crippen LogP contribution is 2.39. The van der Waals surface area contributed by atoms with Crippen LogP contribution in [0.3, 0.4) is 0 Å². The number of aliphatic carboxylic acids is 1. The zero-order valence-electron chi connectivity index (χ0n) is 21.1. The second-order valence-corrected chi connectivity index (χ2v) is 10.6. The molecule has 1 amide bonds. The van der Waals surface area contributed by atoms with Crippen molar-refractivity contribution in [1.82, 2.24) is 14.6 Å². The van der Waals surface area contributed by atoms with Gasteiger partial charge < -0.3 is 19.3 Å². The quantitative estimate of drug-likeness (QED) is 0.273. The van der Waals surface area contributed by atoms with E-state index >= 15 is 0 Å². The monoisotopic (exact) mass is 555 g/mol. The molecule has 1 aliphatic rings. The van der Waals surface area contributed by atoms with E-state index in [1.54, 1.807) is 46.9 Å². The summed E-state index contributed by atoms with van der Waals surface area (Å²) in [7, 11) is 0. The molecule has 2 aromatic heterocycles. The number of hydrogen-bond acceptors (Lipinski definition) is 5. The molecule has 0 aliphatic carbocycles. The molecular formula is C28H27Cl2N3O5. The molecular weight excluding hydrogens is 529 g/mol. The Hall–Kier alpha value is -3.49. The lowest BCUT2D eigenvalue weighted by Gasteiger charge is -2.23. The number of hydrogen-bond donors (Lipinski definition) is 1. The number of carboxylic acids is 1. The lowest BCUT2D eigenvalue weighted by Crippen LogP contribution is -2.39. The lowest BCUT2D eigenvalue weighted by atomic mass is 10.0. The van der Waals surface area contributed by atoms with Crippen LogP contribution in [0.15, 0.2) is 53.2 Å². The molecule has 5 rings (SSSR count). The van der Waals surface area contributed by atoms with Crippen LogP contribution in [0.25, 0.3) is 22.2 Å². The lowest BCUT2D eigenvalue weighted by molar-refractivity contribution is -0.142. The van der Waals surface area contributed by atoms with Gasteiger partial charge >= 0.3 is 12.0 Å². The molecule has 1 saturated heterocycles. The first kappa shape index (κ1) is 26.1. The predicted octanol–water partition coefficient (Wildman–Crippen LogP) is 7.07. The standard InChI is InChI=1S/C28H27Cl2N3O5/c1-15(2)26-20(25(31-38-26)24-21(29)5-4-6-22(24)30)14-37-18-7-8-23-17(13-18)9-11-33(23)28(36)32-12-10-19(16(32)3)27(34)35/h4-9,11,13,15-16,19H,10,12,14H2,1-3H3,(H,34,35)/t16?,19-/m1/s1. The molecule has 38 heavy (non-hydrogen) atoms. The Balaban J connectivity index is 1.39. The van der Waals surface area contributed by atoms with E-state index in [1.807, 2.05) is 32.0 Å². The first-order valence-electron chi connectivity index (χ1n) is 12.4. The molecule has 3 heterocycles. The van der Waals surface area contributed by atoms with Crippen LogP contribution in [0.1, 0.15) is 44.4 Å². The van der Waals surface area contributed by atoms with Gasteiger partial charge in [0.05, 0.1) is 27.0 Å². The third-order valence-corrected chi connectivity index (χ3v) is 7.74. The van der Waals surface area contributed by atoms with E-state index in [0.717, 1.165) is 10.9 Å². The molecule has 0 saturated carbocycles. The van der Waals surface area contributed by atoms with Crippen molar-refractivity contribution in [3.05, 3.63) is 70.0 Å². The van der Waals surface area contributed by atoms with E-state index in [4.69, 9.17) is 32.5 Å². The predicted molar refractivity (Wildman–Crippen MR) is 145 cm³/mol. The van der Waals surface area contributed by atoms with Crippen molar-refractivity contribution in [3.63, 3.8) is 0 Å². The summed E-state index contributed by atoms with van der Waals surface area (Å²) in [5, 5.41) is 15.4. The van der Waals surface area contributed by atoms with E-state index in [1.165, 1.54) is 0 Å². The number of rotatable bonds is 6. The van der Waals surface area contributed by atoms with Crippen LogP contribution in [0.4, 0.5) is 4.79 Å². The Labute approximate surface area is 229 Å². The molecule has 1 N–H and O–H groups in total. The summed E-state index contributed by atoms with van der Waals surface area (Å²) in [4.78, 5) is 26.3. The van der Waals surface area contributed by atoms with Gasteiger partial charge in [-0.05, 0) is 49.7 Å². The van der Waals surface area contributed by atoms with Gasteiger partial charge in [-0.3, -0.25) is 9.36 Å². The van der Waals surface area contributed by atoms with E-state index < -0.39 is 11.9 Å². The Morgan fingerprint density at radius 1 is 1.18 bits per heavy atom. The minimum absolute atomic E-state index is 0.0624. The molecule has 1 fully saturated rings. The van der Waals surface area contributed by atoms with Gasteiger partial charge in [0.25, 0.3) is 0 Å². The van der Waals surface area contributed by atoms with Gasteiger partial charge in [0.1, 0.15) is 23.8 Å². The van der Waals surface area contributed by atoms with E-state index in [-0.39, 0.29) is 24.6 Å². The number of likely N-dealkylation sites (tertiary alicyclic amines) is 1. The van der Waals surface area contributed by atoms with E-state index in [2.05, 4.69) is 5.16 Å². The second-order valence-electron chi connectivity index (χ2n) is 9.77. The van der Waals surface area contributed by atoms with Gasteiger partial charge in [-0.2, -0.15) is 0 Å². The number of aromatic nitrogens is 2. The number of nitrogens with zero attached hydrogens (tertiary/aromatic N) is 3. The number of carbonyl (C=O) groups is 2. The molecule has 0 radical (unpaired) electrons. The van der Waals surface area contributed by atoms with Crippen molar-refractivity contribution >= 4 is 46.1 Å². The van der Waals surface area contributed by atoms with Gasteiger partial charge in [-0.1, -0.05) is 48.3 Å². The van der Waals surface area contributed by atoms with Crippen LogP contribution in [0, 0.1) is 5.92 Å². The number of benzene rings is 2. The Bertz CT molecular complexity index is 1510. The van der Waals surface area contributed by atoms with Crippen LogP contribution in [-0.2, 0) is 11.4 Å². The maximum Gasteiger partial charge on any atom is 0.328 e. The molecule has 0 bridgehead atoms. The topological polar surface area (TPSA) is 97.8 Å². The zero-order chi connectivity index (χ0) is 27.1. The second kappa shape index (κ2) is 10.3. The van der Waals surface area contributed by atoms with Gasteiger partial charge in [-0.25, -0.2) is 4.79 Å². The molecule has 8 nitrogen and oxygen atoms in total. The molecule has 4 aromatic rings. The fourth-order valence-corrected chi connectivity index (χ4v) is 5.62. The SMILES string of the molecule is CC(C)c1onc(-c2c(Cl)cccc2Cl)c1COc1ccc2c(ccn2C(=O)N2CC[C@@H](C(=O)O)C2C)c1. The third-order valence-electron chi connectivity index (χ3n) is 7.11. The highest BCUT2D eigenvalue weighted by molar-refractivity contribution is 6.39. The zero-order valence-corrected chi connectivity index (χ0v) is 22.7. The van der Waals surface area contributed by atoms with Crippen LogP contribution in [-0.4, -0.2) is 44.3 Å². The maximum absolute atomic E-state index is 13.2. The number of carbonyl (C=O) groups excluding carboxylic acids is 1. The van der Waals surface area contributed by atoms with Crippen LogP contribution in [0.5, 0.6) is 5.75 Å². The summed E-state index contributed by atoms with van der Waals surface area (Å²) in [5.41, 5.74) is 2.61. The van der Waals surface area contributed by atoms with Gasteiger partial charge in [0.2, 0.25) is 0 Å². The van der Waals surface area contributed by atoms with Crippen LogP contribution < -0.4 is 4.74 Å². The molecule has 1 aliphatic heterocycles. The largest absolute Gasteiger partial charge is 0.489 e. The summed E-state index contributed by atoms with van der Waals surface area (Å²) in [6, 6.07) is 12.0. The van der Waals surface area contributed by atoms with Crippen molar-refractivity contribution in [1.29, 1.82) is 0 Å². The van der Waals surface area contributed by atoms with E-state index in [9.17, 15) is 14.7 Å². The molecule has 10 heteroatoms.